The number of urea groups is 1. The minimum atomic E-state index is -0.228. The van der Waals surface area contributed by atoms with Crippen molar-refractivity contribution >= 4 is 28.3 Å². The highest BCUT2D eigenvalue weighted by molar-refractivity contribution is 6.06. The largest absolute Gasteiger partial charge is 0.346 e. The van der Waals surface area contributed by atoms with E-state index in [1.165, 1.54) is 0 Å². The summed E-state index contributed by atoms with van der Waals surface area (Å²) in [5, 5.41) is 6.91. The van der Waals surface area contributed by atoms with Crippen molar-refractivity contribution in [2.75, 3.05) is 10.6 Å². The van der Waals surface area contributed by atoms with Crippen molar-refractivity contribution in [3.63, 3.8) is 0 Å². The average Bonchev–Trinajstić information content (AvgIpc) is 2.84. The summed E-state index contributed by atoms with van der Waals surface area (Å²) in [6.45, 7) is 6.99. The number of benzene rings is 2. The SMILES string of the molecule is CCn1cc(NC(=O)Nc2cc(C)cc(C)c2)c2ccccc21. The molecule has 4 nitrogen and oxygen atoms in total. The number of amides is 2. The lowest BCUT2D eigenvalue weighted by atomic mass is 10.1. The van der Waals surface area contributed by atoms with E-state index in [-0.39, 0.29) is 6.03 Å². The van der Waals surface area contributed by atoms with Crippen LogP contribution >= 0.6 is 0 Å². The lowest BCUT2D eigenvalue weighted by Crippen LogP contribution is -2.19. The highest BCUT2D eigenvalue weighted by Crippen LogP contribution is 2.26. The highest BCUT2D eigenvalue weighted by Gasteiger charge is 2.10. The molecule has 1 heterocycles. The van der Waals surface area contributed by atoms with Crippen LogP contribution in [0.1, 0.15) is 18.1 Å². The number of fused-ring (bicyclic) bond motifs is 1. The quantitative estimate of drug-likeness (QED) is 0.708. The minimum Gasteiger partial charge on any atom is -0.346 e. The number of aromatic nitrogens is 1. The Hall–Kier alpha value is -2.75. The Kier molecular flexibility index (Phi) is 4.06. The van der Waals surface area contributed by atoms with Crippen LogP contribution in [0.3, 0.4) is 0 Å². The van der Waals surface area contributed by atoms with E-state index in [9.17, 15) is 4.79 Å². The van der Waals surface area contributed by atoms with E-state index in [1.807, 2.05) is 50.4 Å². The summed E-state index contributed by atoms with van der Waals surface area (Å²) in [6, 6.07) is 13.8. The van der Waals surface area contributed by atoms with Crippen molar-refractivity contribution in [3.05, 3.63) is 59.8 Å². The second kappa shape index (κ2) is 6.16. The third-order valence-electron chi connectivity index (χ3n) is 3.86. The van der Waals surface area contributed by atoms with E-state index in [0.29, 0.717) is 0 Å². The lowest BCUT2D eigenvalue weighted by molar-refractivity contribution is 0.262. The predicted octanol–water partition coefficient (Wildman–Crippen LogP) is 4.92. The number of carbonyl (C=O) groups excluding carboxylic acids is 1. The van der Waals surface area contributed by atoms with Crippen LogP contribution in [0.2, 0.25) is 0 Å². The third kappa shape index (κ3) is 3.21. The molecule has 118 valence electrons. The number of para-hydroxylation sites is 1. The zero-order valence-corrected chi connectivity index (χ0v) is 13.7. The van der Waals surface area contributed by atoms with Gasteiger partial charge in [-0.05, 0) is 50.1 Å². The van der Waals surface area contributed by atoms with Gasteiger partial charge >= 0.3 is 6.03 Å². The molecule has 0 saturated carbocycles. The van der Waals surface area contributed by atoms with E-state index >= 15 is 0 Å². The van der Waals surface area contributed by atoms with E-state index in [2.05, 4.69) is 34.3 Å². The lowest BCUT2D eigenvalue weighted by Gasteiger charge is -2.08. The van der Waals surface area contributed by atoms with Gasteiger partial charge in [0, 0.05) is 23.8 Å². The first-order valence-corrected chi connectivity index (χ1v) is 7.81. The summed E-state index contributed by atoms with van der Waals surface area (Å²) in [7, 11) is 0. The van der Waals surface area contributed by atoms with E-state index in [0.717, 1.165) is 39.9 Å². The zero-order valence-electron chi connectivity index (χ0n) is 13.7. The van der Waals surface area contributed by atoms with Gasteiger partial charge in [0.25, 0.3) is 0 Å². The number of carbonyl (C=O) groups is 1. The Morgan fingerprint density at radius 1 is 1.04 bits per heavy atom. The molecule has 0 aliphatic rings. The second-order valence-electron chi connectivity index (χ2n) is 5.80. The van der Waals surface area contributed by atoms with E-state index in [1.54, 1.807) is 0 Å². The fourth-order valence-corrected chi connectivity index (χ4v) is 2.94. The zero-order chi connectivity index (χ0) is 16.4. The number of hydrogen-bond acceptors (Lipinski definition) is 1. The van der Waals surface area contributed by atoms with Gasteiger partial charge in [-0.3, -0.25) is 0 Å². The van der Waals surface area contributed by atoms with E-state index < -0.39 is 0 Å². The van der Waals surface area contributed by atoms with Gasteiger partial charge in [-0.2, -0.15) is 0 Å². The molecule has 0 spiro atoms. The van der Waals surface area contributed by atoms with Crippen LogP contribution in [0.15, 0.2) is 48.7 Å². The van der Waals surface area contributed by atoms with Crippen molar-refractivity contribution in [2.24, 2.45) is 0 Å². The molecule has 0 fully saturated rings. The Morgan fingerprint density at radius 3 is 2.43 bits per heavy atom. The van der Waals surface area contributed by atoms with Crippen LogP contribution in [0.4, 0.5) is 16.2 Å². The topological polar surface area (TPSA) is 46.1 Å². The van der Waals surface area contributed by atoms with Crippen molar-refractivity contribution in [3.8, 4) is 0 Å². The summed E-state index contributed by atoms with van der Waals surface area (Å²) >= 11 is 0. The Morgan fingerprint density at radius 2 is 1.74 bits per heavy atom. The molecule has 0 aliphatic heterocycles. The number of rotatable bonds is 3. The Balaban J connectivity index is 1.83. The number of aryl methyl sites for hydroxylation is 3. The summed E-state index contributed by atoms with van der Waals surface area (Å²) in [4.78, 5) is 12.3. The van der Waals surface area contributed by atoms with Gasteiger partial charge < -0.3 is 15.2 Å². The van der Waals surface area contributed by atoms with Gasteiger partial charge in [0.1, 0.15) is 0 Å². The standard InChI is InChI=1S/C19H21N3O/c1-4-22-12-17(16-7-5-6-8-18(16)22)21-19(23)20-15-10-13(2)9-14(3)11-15/h5-12H,4H2,1-3H3,(H2,20,21,23). The van der Waals surface area contributed by atoms with Gasteiger partial charge in [-0.25, -0.2) is 4.79 Å². The van der Waals surface area contributed by atoms with Gasteiger partial charge in [0.2, 0.25) is 0 Å². The molecule has 0 bridgehead atoms. The van der Waals surface area contributed by atoms with Crippen LogP contribution < -0.4 is 10.6 Å². The summed E-state index contributed by atoms with van der Waals surface area (Å²) in [6.07, 6.45) is 1.98. The molecule has 2 N–H and O–H groups in total. The van der Waals surface area contributed by atoms with Gasteiger partial charge in [-0.1, -0.05) is 24.3 Å². The van der Waals surface area contributed by atoms with Crippen LogP contribution in [0.5, 0.6) is 0 Å². The highest BCUT2D eigenvalue weighted by atomic mass is 16.2. The first kappa shape index (κ1) is 15.2. The van der Waals surface area contributed by atoms with Crippen molar-refractivity contribution in [1.29, 1.82) is 0 Å². The van der Waals surface area contributed by atoms with Crippen LogP contribution in [0.25, 0.3) is 10.9 Å². The molecular weight excluding hydrogens is 286 g/mol. The van der Waals surface area contributed by atoms with Gasteiger partial charge in [0.05, 0.1) is 11.2 Å². The average molecular weight is 307 g/mol. The molecule has 0 atom stereocenters. The normalized spacial score (nSPS) is 10.7. The second-order valence-corrected chi connectivity index (χ2v) is 5.80. The number of anilines is 2. The monoisotopic (exact) mass is 307 g/mol. The Labute approximate surface area is 136 Å². The molecule has 23 heavy (non-hydrogen) atoms. The molecule has 0 unspecified atom stereocenters. The molecule has 2 aromatic carbocycles. The van der Waals surface area contributed by atoms with Gasteiger partial charge in [0.15, 0.2) is 0 Å². The first-order chi connectivity index (χ1) is 11.1. The number of nitrogens with zero attached hydrogens (tertiary/aromatic N) is 1. The summed E-state index contributed by atoms with van der Waals surface area (Å²) in [5.41, 5.74) is 5.01. The van der Waals surface area contributed by atoms with E-state index in [4.69, 9.17) is 0 Å². The van der Waals surface area contributed by atoms with Crippen LogP contribution in [0, 0.1) is 13.8 Å². The molecule has 0 radical (unpaired) electrons. The molecular formula is C19H21N3O. The van der Waals surface area contributed by atoms with Crippen molar-refractivity contribution in [1.82, 2.24) is 4.57 Å². The smallest absolute Gasteiger partial charge is 0.323 e. The molecule has 0 aliphatic carbocycles. The summed E-state index contributed by atoms with van der Waals surface area (Å²) < 4.78 is 2.13. The maximum Gasteiger partial charge on any atom is 0.323 e. The fourth-order valence-electron chi connectivity index (χ4n) is 2.94. The van der Waals surface area contributed by atoms with Gasteiger partial charge in [-0.15, -0.1) is 0 Å². The molecule has 4 heteroatoms. The maximum absolute atomic E-state index is 12.3. The molecule has 1 aromatic heterocycles. The first-order valence-electron chi connectivity index (χ1n) is 7.81. The van der Waals surface area contributed by atoms with Crippen molar-refractivity contribution in [2.45, 2.75) is 27.3 Å². The number of hydrogen-bond donors (Lipinski definition) is 2. The Bertz CT molecular complexity index is 844. The van der Waals surface area contributed by atoms with Crippen LogP contribution in [-0.2, 0) is 6.54 Å². The third-order valence-corrected chi connectivity index (χ3v) is 3.86. The summed E-state index contributed by atoms with van der Waals surface area (Å²) in [5.74, 6) is 0. The minimum absolute atomic E-state index is 0.228. The number of nitrogens with one attached hydrogen (secondary N) is 2. The fraction of sp³-hybridized carbons (Fsp3) is 0.211. The molecule has 3 rings (SSSR count). The molecule has 0 saturated heterocycles. The van der Waals surface area contributed by atoms with Crippen LogP contribution in [-0.4, -0.2) is 10.6 Å². The molecule has 3 aromatic rings. The maximum atomic E-state index is 12.3. The molecule has 2 amide bonds. The van der Waals surface area contributed by atoms with Crippen molar-refractivity contribution < 1.29 is 4.79 Å². The predicted molar refractivity (Wildman–Crippen MR) is 96.2 cm³/mol.